The van der Waals surface area contributed by atoms with E-state index in [2.05, 4.69) is 14.1 Å². The Kier molecular flexibility index (Phi) is 3.34. The van der Waals surface area contributed by atoms with Crippen molar-refractivity contribution in [3.8, 4) is 5.75 Å². The third-order valence-corrected chi connectivity index (χ3v) is 7.26. The number of aromatic nitrogens is 2. The molecule has 0 bridgehead atoms. The molecule has 1 saturated heterocycles. The summed E-state index contributed by atoms with van der Waals surface area (Å²) in [7, 11) is -3.68. The van der Waals surface area contributed by atoms with Crippen molar-refractivity contribution < 1.29 is 13.2 Å². The van der Waals surface area contributed by atoms with E-state index in [0.29, 0.717) is 22.7 Å². The van der Waals surface area contributed by atoms with Crippen molar-refractivity contribution in [1.29, 1.82) is 0 Å². The molecule has 2 aliphatic rings. The summed E-state index contributed by atoms with van der Waals surface area (Å²) in [5, 5.41) is 3.32. The molecule has 3 aromatic rings. The highest BCUT2D eigenvalue weighted by atomic mass is 32.2. The second-order valence-corrected chi connectivity index (χ2v) is 8.79. The summed E-state index contributed by atoms with van der Waals surface area (Å²) in [4.78, 5) is 0.425. The fourth-order valence-electron chi connectivity index (χ4n) is 3.69. The Bertz CT molecular complexity index is 1080. The van der Waals surface area contributed by atoms with Gasteiger partial charge in [0.2, 0.25) is 9.84 Å². The second kappa shape index (κ2) is 5.48. The molecule has 0 spiro atoms. The minimum absolute atomic E-state index is 0.0906. The lowest BCUT2D eigenvalue weighted by Crippen LogP contribution is -2.39. The van der Waals surface area contributed by atoms with Crippen molar-refractivity contribution in [1.82, 2.24) is 14.1 Å². The van der Waals surface area contributed by atoms with Gasteiger partial charge in [-0.15, -0.1) is 0 Å². The van der Waals surface area contributed by atoms with Gasteiger partial charge >= 0.3 is 0 Å². The lowest BCUT2D eigenvalue weighted by atomic mass is 9.90. The van der Waals surface area contributed by atoms with Gasteiger partial charge in [0.05, 0.1) is 16.6 Å². The van der Waals surface area contributed by atoms with E-state index in [4.69, 9.17) is 4.74 Å². The van der Waals surface area contributed by atoms with Crippen LogP contribution in [0.3, 0.4) is 0 Å². The monoisotopic (exact) mass is 373 g/mol. The third kappa shape index (κ3) is 2.28. The highest BCUT2D eigenvalue weighted by Crippen LogP contribution is 2.43. The maximum Gasteiger partial charge on any atom is 0.208 e. The lowest BCUT2D eigenvalue weighted by molar-refractivity contribution is 0.176. The number of benzene rings is 2. The molecule has 2 aliphatic heterocycles. The lowest BCUT2D eigenvalue weighted by Gasteiger charge is -2.24. The van der Waals surface area contributed by atoms with E-state index >= 15 is 0 Å². The molecule has 1 N–H and O–H groups in total. The normalized spacial score (nSPS) is 22.4. The first-order valence-corrected chi connectivity index (χ1v) is 10.3. The molecule has 25 heavy (non-hydrogen) atoms. The minimum Gasteiger partial charge on any atom is -0.488 e. The first-order valence-electron chi connectivity index (χ1n) is 8.12. The average molecular weight is 373 g/mol. The van der Waals surface area contributed by atoms with Gasteiger partial charge in [-0.1, -0.05) is 12.1 Å². The molecule has 2 aromatic carbocycles. The molecule has 1 aromatic heterocycles. The van der Waals surface area contributed by atoms with E-state index in [0.717, 1.165) is 36.8 Å². The van der Waals surface area contributed by atoms with Gasteiger partial charge in [0, 0.05) is 18.0 Å². The maximum absolute atomic E-state index is 13.1. The summed E-state index contributed by atoms with van der Waals surface area (Å²) < 4.78 is 40.5. The summed E-state index contributed by atoms with van der Waals surface area (Å²) in [5.41, 5.74) is 2.13. The number of fused-ring (bicyclic) bond motifs is 4. The van der Waals surface area contributed by atoms with Crippen LogP contribution in [0.5, 0.6) is 5.75 Å². The zero-order valence-electron chi connectivity index (χ0n) is 13.2. The number of hydrogen-bond acceptors (Lipinski definition) is 7. The highest BCUT2D eigenvalue weighted by Gasteiger charge is 2.37. The van der Waals surface area contributed by atoms with Crippen molar-refractivity contribution in [3.63, 3.8) is 0 Å². The topological polar surface area (TPSA) is 81.2 Å². The fraction of sp³-hybridized carbons (Fsp3) is 0.294. The van der Waals surface area contributed by atoms with E-state index < -0.39 is 9.84 Å². The highest BCUT2D eigenvalue weighted by molar-refractivity contribution is 7.91. The van der Waals surface area contributed by atoms with Crippen molar-refractivity contribution in [2.45, 2.75) is 28.2 Å². The number of sulfone groups is 1. The van der Waals surface area contributed by atoms with Crippen LogP contribution in [0.1, 0.15) is 17.9 Å². The van der Waals surface area contributed by atoms with Gasteiger partial charge in [0.1, 0.15) is 27.8 Å². The minimum atomic E-state index is -3.68. The van der Waals surface area contributed by atoms with Crippen molar-refractivity contribution in [3.05, 3.63) is 42.0 Å². The summed E-state index contributed by atoms with van der Waals surface area (Å²) >= 11 is 1.02. The van der Waals surface area contributed by atoms with Crippen LogP contribution < -0.4 is 10.1 Å². The molecule has 6 nitrogen and oxygen atoms in total. The molecular formula is C17H15N3O3S2. The van der Waals surface area contributed by atoms with Crippen LogP contribution in [0.4, 0.5) is 0 Å². The van der Waals surface area contributed by atoms with E-state index in [1.165, 1.54) is 0 Å². The first-order chi connectivity index (χ1) is 12.1. The largest absolute Gasteiger partial charge is 0.488 e. The van der Waals surface area contributed by atoms with E-state index in [1.807, 2.05) is 6.07 Å². The Morgan fingerprint density at radius 3 is 3.04 bits per heavy atom. The van der Waals surface area contributed by atoms with Crippen LogP contribution in [0.2, 0.25) is 0 Å². The second-order valence-electron chi connectivity index (χ2n) is 6.35. The smallest absolute Gasteiger partial charge is 0.208 e. The molecule has 0 saturated carbocycles. The molecule has 8 heteroatoms. The van der Waals surface area contributed by atoms with Gasteiger partial charge in [0.25, 0.3) is 0 Å². The molecule has 3 heterocycles. The molecule has 1 fully saturated rings. The van der Waals surface area contributed by atoms with Gasteiger partial charge in [0.15, 0.2) is 0 Å². The maximum atomic E-state index is 13.1. The summed E-state index contributed by atoms with van der Waals surface area (Å²) in [6.45, 7) is 1.76. The van der Waals surface area contributed by atoms with Crippen LogP contribution >= 0.6 is 11.7 Å². The van der Waals surface area contributed by atoms with Gasteiger partial charge < -0.3 is 10.1 Å². The van der Waals surface area contributed by atoms with Crippen molar-refractivity contribution in [2.75, 3.05) is 13.1 Å². The Balaban J connectivity index is 1.61. The van der Waals surface area contributed by atoms with Gasteiger partial charge in [-0.2, -0.15) is 8.75 Å². The zero-order valence-corrected chi connectivity index (χ0v) is 14.8. The number of ether oxygens (including phenoxy) is 1. The summed E-state index contributed by atoms with van der Waals surface area (Å²) in [5.74, 6) is 1.03. The molecule has 128 valence electrons. The van der Waals surface area contributed by atoms with Gasteiger partial charge in [-0.3, -0.25) is 0 Å². The zero-order chi connectivity index (χ0) is 17.0. The number of hydrogen-bond donors (Lipinski definition) is 1. The third-order valence-electron chi connectivity index (χ3n) is 4.94. The summed E-state index contributed by atoms with van der Waals surface area (Å²) in [6.07, 6.45) is 1.10. The van der Waals surface area contributed by atoms with Crippen molar-refractivity contribution >= 4 is 32.6 Å². The number of nitrogens with zero attached hydrogens (tertiary/aromatic N) is 2. The fourth-order valence-corrected chi connectivity index (χ4v) is 5.72. The molecule has 0 amide bonds. The standard InChI is InChI=1S/C17H15N3O3S2/c21-25(22,16-3-1-2-13-17(16)20-24-19-13)10-4-5-11-12-6-7-18-9-15(12)23-14(11)8-10/h1-5,8,12,15,18H,6-7,9H2. The molecule has 0 radical (unpaired) electrons. The van der Waals surface area contributed by atoms with Crippen LogP contribution in [0.15, 0.2) is 46.2 Å². The number of rotatable bonds is 2. The Morgan fingerprint density at radius 2 is 2.12 bits per heavy atom. The first kappa shape index (κ1) is 15.2. The van der Waals surface area contributed by atoms with Crippen LogP contribution in [-0.2, 0) is 9.84 Å². The number of piperidine rings is 1. The Morgan fingerprint density at radius 1 is 1.20 bits per heavy atom. The van der Waals surface area contributed by atoms with Crippen LogP contribution in [0.25, 0.3) is 11.0 Å². The van der Waals surface area contributed by atoms with Gasteiger partial charge in [-0.25, -0.2) is 8.42 Å². The SMILES string of the molecule is O=S(=O)(c1ccc2c(c1)OC1CNCCC21)c1cccc2nsnc12. The predicted molar refractivity (Wildman–Crippen MR) is 94.0 cm³/mol. The molecule has 0 aliphatic carbocycles. The quantitative estimate of drug-likeness (QED) is 0.743. The molecule has 2 atom stereocenters. The van der Waals surface area contributed by atoms with E-state index in [1.54, 1.807) is 30.3 Å². The Labute approximate surface area is 149 Å². The van der Waals surface area contributed by atoms with E-state index in [9.17, 15) is 8.42 Å². The van der Waals surface area contributed by atoms with Crippen LogP contribution in [-0.4, -0.2) is 36.4 Å². The summed E-state index contributed by atoms with van der Waals surface area (Å²) in [6, 6.07) is 10.3. The molecule has 5 rings (SSSR count). The molecular weight excluding hydrogens is 358 g/mol. The number of nitrogens with one attached hydrogen (secondary N) is 1. The van der Waals surface area contributed by atoms with Crippen LogP contribution in [0, 0.1) is 0 Å². The predicted octanol–water partition coefficient (Wildman–Crippen LogP) is 2.36. The molecule has 2 unspecified atom stereocenters. The Hall–Kier alpha value is -2.03. The average Bonchev–Trinajstić information content (AvgIpc) is 3.24. The van der Waals surface area contributed by atoms with Crippen molar-refractivity contribution in [2.24, 2.45) is 0 Å². The van der Waals surface area contributed by atoms with Gasteiger partial charge in [-0.05, 0) is 37.2 Å². The van der Waals surface area contributed by atoms with E-state index in [-0.39, 0.29) is 15.9 Å².